The van der Waals surface area contributed by atoms with Gasteiger partial charge in [0, 0.05) is 12.1 Å². The van der Waals surface area contributed by atoms with Crippen molar-refractivity contribution in [2.45, 2.75) is 44.8 Å². The fourth-order valence-corrected chi connectivity index (χ4v) is 3.02. The zero-order chi connectivity index (χ0) is 15.5. The van der Waals surface area contributed by atoms with Crippen molar-refractivity contribution in [2.75, 3.05) is 0 Å². The lowest BCUT2D eigenvalue weighted by Gasteiger charge is -2.16. The number of carbonyl (C=O) groups excluding carboxylic acids is 1. The van der Waals surface area contributed by atoms with E-state index in [1.807, 2.05) is 24.3 Å². The van der Waals surface area contributed by atoms with E-state index in [9.17, 15) is 9.59 Å². The van der Waals surface area contributed by atoms with Crippen molar-refractivity contribution in [1.29, 1.82) is 0 Å². The maximum atomic E-state index is 11.9. The van der Waals surface area contributed by atoms with E-state index >= 15 is 0 Å². The minimum atomic E-state index is -0.884. The topological polar surface area (TPSA) is 75.6 Å². The molecule has 0 saturated heterocycles. The molecule has 118 valence electrons. The molecule has 2 atom stereocenters. The molecule has 22 heavy (non-hydrogen) atoms. The van der Waals surface area contributed by atoms with E-state index in [-0.39, 0.29) is 17.9 Å². The minimum Gasteiger partial charge on any atom is -0.490 e. The van der Waals surface area contributed by atoms with Crippen LogP contribution in [0, 0.1) is 11.8 Å². The lowest BCUT2D eigenvalue weighted by molar-refractivity contribution is -0.140. The highest BCUT2D eigenvalue weighted by molar-refractivity contribution is 5.89. The van der Waals surface area contributed by atoms with Gasteiger partial charge >= 0.3 is 5.97 Å². The molecule has 1 aromatic rings. The molecule has 5 nitrogen and oxygen atoms in total. The van der Waals surface area contributed by atoms with Crippen LogP contribution in [0.2, 0.25) is 0 Å². The van der Waals surface area contributed by atoms with E-state index in [1.165, 1.54) is 12.8 Å². The number of carboxylic acids is 1. The Balaban J connectivity index is 1.56. The SMILES string of the molecule is O=C(O)C1CC1C(=O)NCc1ccccc1OC1CCCC1. The largest absolute Gasteiger partial charge is 0.490 e. The predicted octanol–water partition coefficient (Wildman–Crippen LogP) is 2.34. The number of benzene rings is 1. The van der Waals surface area contributed by atoms with E-state index in [1.54, 1.807) is 0 Å². The molecule has 2 N–H and O–H groups in total. The average molecular weight is 303 g/mol. The first-order valence-electron chi connectivity index (χ1n) is 7.90. The van der Waals surface area contributed by atoms with Crippen molar-refractivity contribution < 1.29 is 19.4 Å². The normalized spacial score (nSPS) is 24.0. The van der Waals surface area contributed by atoms with Crippen LogP contribution < -0.4 is 10.1 Å². The van der Waals surface area contributed by atoms with Crippen molar-refractivity contribution in [3.8, 4) is 5.75 Å². The van der Waals surface area contributed by atoms with Crippen LogP contribution in [0.5, 0.6) is 5.75 Å². The molecule has 2 aliphatic carbocycles. The molecular formula is C17H21NO4. The van der Waals surface area contributed by atoms with E-state index in [0.717, 1.165) is 24.2 Å². The van der Waals surface area contributed by atoms with Crippen LogP contribution in [-0.2, 0) is 16.1 Å². The quantitative estimate of drug-likeness (QED) is 0.846. The summed E-state index contributed by atoms with van der Waals surface area (Å²) in [5.41, 5.74) is 0.940. The Morgan fingerprint density at radius 2 is 1.91 bits per heavy atom. The van der Waals surface area contributed by atoms with E-state index in [0.29, 0.717) is 13.0 Å². The van der Waals surface area contributed by atoms with Crippen LogP contribution >= 0.6 is 0 Å². The number of nitrogens with one attached hydrogen (secondary N) is 1. The monoisotopic (exact) mass is 303 g/mol. The summed E-state index contributed by atoms with van der Waals surface area (Å²) < 4.78 is 6.03. The molecule has 2 fully saturated rings. The Morgan fingerprint density at radius 3 is 2.59 bits per heavy atom. The summed E-state index contributed by atoms with van der Waals surface area (Å²) in [5, 5.41) is 11.7. The third-order valence-electron chi connectivity index (χ3n) is 4.47. The third kappa shape index (κ3) is 3.40. The zero-order valence-corrected chi connectivity index (χ0v) is 12.5. The van der Waals surface area contributed by atoms with Gasteiger partial charge < -0.3 is 15.2 Å². The second-order valence-electron chi connectivity index (χ2n) is 6.14. The number of aliphatic carboxylic acids is 1. The molecule has 2 unspecified atom stereocenters. The van der Waals surface area contributed by atoms with Gasteiger partial charge in [-0.2, -0.15) is 0 Å². The van der Waals surface area contributed by atoms with Crippen LogP contribution in [0.4, 0.5) is 0 Å². The van der Waals surface area contributed by atoms with Crippen LogP contribution in [0.1, 0.15) is 37.7 Å². The molecular weight excluding hydrogens is 282 g/mol. The van der Waals surface area contributed by atoms with Gasteiger partial charge in [0.15, 0.2) is 0 Å². The fourth-order valence-electron chi connectivity index (χ4n) is 3.02. The lowest BCUT2D eigenvalue weighted by Crippen LogP contribution is -2.26. The Kier molecular flexibility index (Phi) is 4.32. The van der Waals surface area contributed by atoms with E-state index in [2.05, 4.69) is 5.32 Å². The zero-order valence-electron chi connectivity index (χ0n) is 12.5. The van der Waals surface area contributed by atoms with Gasteiger partial charge in [-0.25, -0.2) is 0 Å². The van der Waals surface area contributed by atoms with Crippen LogP contribution in [0.15, 0.2) is 24.3 Å². The summed E-state index contributed by atoms with van der Waals surface area (Å²) in [5.74, 6) is -1.13. The van der Waals surface area contributed by atoms with Gasteiger partial charge in [-0.15, -0.1) is 0 Å². The molecule has 1 amide bonds. The first kappa shape index (κ1) is 14.9. The van der Waals surface area contributed by atoms with Crippen molar-refractivity contribution in [2.24, 2.45) is 11.8 Å². The van der Waals surface area contributed by atoms with Crippen LogP contribution in [-0.4, -0.2) is 23.1 Å². The molecule has 0 spiro atoms. The maximum absolute atomic E-state index is 11.9. The van der Waals surface area contributed by atoms with Gasteiger partial charge in [-0.05, 0) is 38.2 Å². The minimum absolute atomic E-state index is 0.178. The van der Waals surface area contributed by atoms with E-state index in [4.69, 9.17) is 9.84 Å². The molecule has 0 aliphatic heterocycles. The molecule has 3 rings (SSSR count). The Morgan fingerprint density at radius 1 is 1.18 bits per heavy atom. The van der Waals surface area contributed by atoms with Crippen LogP contribution in [0.25, 0.3) is 0 Å². The Labute approximate surface area is 129 Å². The summed E-state index contributed by atoms with van der Waals surface area (Å²) in [4.78, 5) is 22.7. The van der Waals surface area contributed by atoms with E-state index < -0.39 is 11.9 Å². The molecule has 0 radical (unpaired) electrons. The number of carbonyl (C=O) groups is 2. The first-order valence-corrected chi connectivity index (χ1v) is 7.90. The summed E-state index contributed by atoms with van der Waals surface area (Å²) in [6, 6.07) is 7.71. The Bertz CT molecular complexity index is 566. The van der Waals surface area contributed by atoms with Gasteiger partial charge in [0.2, 0.25) is 5.91 Å². The van der Waals surface area contributed by atoms with Gasteiger partial charge in [-0.1, -0.05) is 18.2 Å². The number of rotatable bonds is 6. The summed E-state index contributed by atoms with van der Waals surface area (Å²) in [6.07, 6.45) is 5.31. The second-order valence-corrected chi connectivity index (χ2v) is 6.14. The average Bonchev–Trinajstić information content (AvgIpc) is 3.17. The first-order chi connectivity index (χ1) is 10.6. The van der Waals surface area contributed by atoms with Gasteiger partial charge in [-0.3, -0.25) is 9.59 Å². The summed E-state index contributed by atoms with van der Waals surface area (Å²) in [6.45, 7) is 0.380. The number of carboxylic acid groups (broad SMARTS) is 1. The van der Waals surface area contributed by atoms with Crippen molar-refractivity contribution in [3.63, 3.8) is 0 Å². The fraction of sp³-hybridized carbons (Fsp3) is 0.529. The maximum Gasteiger partial charge on any atom is 0.307 e. The lowest BCUT2D eigenvalue weighted by atomic mass is 10.2. The highest BCUT2D eigenvalue weighted by Crippen LogP contribution is 2.38. The number of hydrogen-bond donors (Lipinski definition) is 2. The molecule has 0 bridgehead atoms. The van der Waals surface area contributed by atoms with Gasteiger partial charge in [0.05, 0.1) is 17.9 Å². The highest BCUT2D eigenvalue weighted by atomic mass is 16.5. The van der Waals surface area contributed by atoms with Crippen molar-refractivity contribution in [1.82, 2.24) is 5.32 Å². The standard InChI is InChI=1S/C17H21NO4/c19-16(13-9-14(13)17(20)21)18-10-11-5-1-4-8-15(11)22-12-6-2-3-7-12/h1,4-5,8,12-14H,2-3,6-7,9-10H2,(H,18,19)(H,20,21). The molecule has 2 aliphatic rings. The second kappa shape index (κ2) is 6.38. The summed E-state index contributed by atoms with van der Waals surface area (Å²) in [7, 11) is 0. The molecule has 1 aromatic carbocycles. The highest BCUT2D eigenvalue weighted by Gasteiger charge is 2.48. The summed E-state index contributed by atoms with van der Waals surface area (Å²) >= 11 is 0. The number of ether oxygens (including phenoxy) is 1. The molecule has 2 saturated carbocycles. The van der Waals surface area contributed by atoms with Gasteiger partial charge in [0.1, 0.15) is 5.75 Å². The number of amides is 1. The molecule has 0 heterocycles. The molecule has 5 heteroatoms. The number of hydrogen-bond acceptors (Lipinski definition) is 3. The Hall–Kier alpha value is -2.04. The smallest absolute Gasteiger partial charge is 0.307 e. The predicted molar refractivity (Wildman–Crippen MR) is 80.4 cm³/mol. The van der Waals surface area contributed by atoms with Crippen LogP contribution in [0.3, 0.4) is 0 Å². The van der Waals surface area contributed by atoms with Crippen molar-refractivity contribution >= 4 is 11.9 Å². The molecule has 0 aromatic heterocycles. The third-order valence-corrected chi connectivity index (χ3v) is 4.47. The number of para-hydroxylation sites is 1. The van der Waals surface area contributed by atoms with Gasteiger partial charge in [0.25, 0.3) is 0 Å². The van der Waals surface area contributed by atoms with Crippen molar-refractivity contribution in [3.05, 3.63) is 29.8 Å².